The maximum atomic E-state index is 4.38. The van der Waals surface area contributed by atoms with Gasteiger partial charge in [-0.2, -0.15) is 0 Å². The first kappa shape index (κ1) is 10.7. The van der Waals surface area contributed by atoms with E-state index in [2.05, 4.69) is 34.6 Å². The molecular weight excluding hydrogens is 208 g/mol. The number of hydrogen-bond donors (Lipinski definition) is 1. The standard InChI is InChI=1S/C15H18N2/c1-2-4-15-14(3-1)13(8-10-17-15)11-16-9-7-12-5-6-12/h1-4,8,10,12,16H,5-7,9,11H2. The average Bonchev–Trinajstić information content (AvgIpc) is 3.19. The summed E-state index contributed by atoms with van der Waals surface area (Å²) in [5.41, 5.74) is 2.44. The molecule has 0 saturated heterocycles. The molecule has 1 aromatic heterocycles. The smallest absolute Gasteiger partial charge is 0.0705 e. The molecule has 1 saturated carbocycles. The lowest BCUT2D eigenvalue weighted by molar-refractivity contribution is 0.614. The molecule has 1 aliphatic rings. The van der Waals surface area contributed by atoms with Crippen LogP contribution in [0.5, 0.6) is 0 Å². The second kappa shape index (κ2) is 4.84. The van der Waals surface area contributed by atoms with Gasteiger partial charge >= 0.3 is 0 Å². The molecule has 1 N–H and O–H groups in total. The van der Waals surface area contributed by atoms with Gasteiger partial charge in [0.25, 0.3) is 0 Å². The zero-order valence-corrected chi connectivity index (χ0v) is 10.0. The molecule has 0 bridgehead atoms. The highest BCUT2D eigenvalue weighted by atomic mass is 14.8. The molecule has 0 radical (unpaired) electrons. The minimum Gasteiger partial charge on any atom is -0.313 e. The van der Waals surface area contributed by atoms with E-state index in [1.807, 2.05) is 12.3 Å². The summed E-state index contributed by atoms with van der Waals surface area (Å²) in [6, 6.07) is 10.5. The fraction of sp³-hybridized carbons (Fsp3) is 0.400. The van der Waals surface area contributed by atoms with Gasteiger partial charge in [0.1, 0.15) is 0 Å². The lowest BCUT2D eigenvalue weighted by Gasteiger charge is -2.07. The van der Waals surface area contributed by atoms with Gasteiger partial charge in [0.2, 0.25) is 0 Å². The molecule has 2 heteroatoms. The van der Waals surface area contributed by atoms with Gasteiger partial charge in [-0.1, -0.05) is 31.0 Å². The minimum absolute atomic E-state index is 0.954. The van der Waals surface area contributed by atoms with Crippen molar-refractivity contribution in [3.8, 4) is 0 Å². The zero-order chi connectivity index (χ0) is 11.5. The van der Waals surface area contributed by atoms with E-state index in [1.54, 1.807) is 0 Å². The molecule has 1 fully saturated rings. The topological polar surface area (TPSA) is 24.9 Å². The lowest BCUT2D eigenvalue weighted by atomic mass is 10.1. The largest absolute Gasteiger partial charge is 0.313 e. The number of para-hydroxylation sites is 1. The maximum absolute atomic E-state index is 4.38. The fourth-order valence-electron chi connectivity index (χ4n) is 2.24. The zero-order valence-electron chi connectivity index (χ0n) is 10.0. The minimum atomic E-state index is 0.954. The van der Waals surface area contributed by atoms with Crippen LogP contribution < -0.4 is 5.32 Å². The number of aromatic nitrogens is 1. The Balaban J connectivity index is 1.66. The van der Waals surface area contributed by atoms with E-state index in [0.29, 0.717) is 0 Å². The van der Waals surface area contributed by atoms with Crippen LogP contribution in [-0.2, 0) is 6.54 Å². The first-order valence-corrected chi connectivity index (χ1v) is 6.47. The molecule has 0 spiro atoms. The number of pyridine rings is 1. The van der Waals surface area contributed by atoms with Crippen LogP contribution in [0.1, 0.15) is 24.8 Å². The Morgan fingerprint density at radius 3 is 2.94 bits per heavy atom. The highest BCUT2D eigenvalue weighted by molar-refractivity contribution is 5.81. The molecule has 1 heterocycles. The van der Waals surface area contributed by atoms with Crippen molar-refractivity contribution < 1.29 is 0 Å². The van der Waals surface area contributed by atoms with Crippen molar-refractivity contribution in [1.29, 1.82) is 0 Å². The van der Waals surface area contributed by atoms with Crippen molar-refractivity contribution in [2.75, 3.05) is 6.54 Å². The quantitative estimate of drug-likeness (QED) is 0.792. The van der Waals surface area contributed by atoms with E-state index in [9.17, 15) is 0 Å². The second-order valence-electron chi connectivity index (χ2n) is 4.90. The summed E-state index contributed by atoms with van der Waals surface area (Å²) in [6.45, 7) is 2.09. The molecule has 17 heavy (non-hydrogen) atoms. The molecular formula is C15H18N2. The Kier molecular flexibility index (Phi) is 3.06. The van der Waals surface area contributed by atoms with Gasteiger partial charge in [0.15, 0.2) is 0 Å². The average molecular weight is 226 g/mol. The maximum Gasteiger partial charge on any atom is 0.0705 e. The van der Waals surface area contributed by atoms with E-state index in [1.165, 1.54) is 30.2 Å². The van der Waals surface area contributed by atoms with Gasteiger partial charge in [-0.3, -0.25) is 4.98 Å². The van der Waals surface area contributed by atoms with Gasteiger partial charge in [0.05, 0.1) is 5.52 Å². The molecule has 88 valence electrons. The van der Waals surface area contributed by atoms with Gasteiger partial charge in [-0.15, -0.1) is 0 Å². The number of benzene rings is 1. The molecule has 0 amide bonds. The SMILES string of the molecule is c1ccc2c(CNCCC3CC3)ccnc2c1. The van der Waals surface area contributed by atoms with Gasteiger partial charge in [-0.05, 0) is 36.6 Å². The summed E-state index contributed by atoms with van der Waals surface area (Å²) in [5.74, 6) is 1.01. The fourth-order valence-corrected chi connectivity index (χ4v) is 2.24. The van der Waals surface area contributed by atoms with Crippen molar-refractivity contribution in [1.82, 2.24) is 10.3 Å². The highest BCUT2D eigenvalue weighted by Crippen LogP contribution is 2.31. The van der Waals surface area contributed by atoms with E-state index in [4.69, 9.17) is 0 Å². The number of rotatable bonds is 5. The Labute approximate surface area is 102 Å². The summed E-state index contributed by atoms with van der Waals surface area (Å²) >= 11 is 0. The predicted molar refractivity (Wildman–Crippen MR) is 70.8 cm³/mol. The molecule has 3 rings (SSSR count). The van der Waals surface area contributed by atoms with Crippen molar-refractivity contribution in [2.45, 2.75) is 25.8 Å². The van der Waals surface area contributed by atoms with Crippen LogP contribution in [-0.4, -0.2) is 11.5 Å². The number of nitrogens with one attached hydrogen (secondary N) is 1. The lowest BCUT2D eigenvalue weighted by Crippen LogP contribution is -2.15. The van der Waals surface area contributed by atoms with E-state index >= 15 is 0 Å². The first-order valence-electron chi connectivity index (χ1n) is 6.47. The summed E-state index contributed by atoms with van der Waals surface area (Å²) in [7, 11) is 0. The summed E-state index contributed by atoms with van der Waals surface area (Å²) < 4.78 is 0. The highest BCUT2D eigenvalue weighted by Gasteiger charge is 2.19. The van der Waals surface area contributed by atoms with Gasteiger partial charge < -0.3 is 5.32 Å². The second-order valence-corrected chi connectivity index (χ2v) is 4.90. The molecule has 0 atom stereocenters. The molecule has 2 nitrogen and oxygen atoms in total. The van der Waals surface area contributed by atoms with Crippen LogP contribution in [0.25, 0.3) is 10.9 Å². The molecule has 2 aromatic rings. The van der Waals surface area contributed by atoms with Gasteiger partial charge in [-0.25, -0.2) is 0 Å². The van der Waals surface area contributed by atoms with Gasteiger partial charge in [0, 0.05) is 18.1 Å². The van der Waals surface area contributed by atoms with Crippen LogP contribution in [0, 0.1) is 5.92 Å². The molecule has 0 unspecified atom stereocenters. The van der Waals surface area contributed by atoms with Crippen molar-refractivity contribution in [3.63, 3.8) is 0 Å². The van der Waals surface area contributed by atoms with Crippen LogP contribution in [0.3, 0.4) is 0 Å². The molecule has 1 aromatic carbocycles. The number of fused-ring (bicyclic) bond motifs is 1. The Morgan fingerprint density at radius 2 is 2.06 bits per heavy atom. The molecule has 1 aliphatic carbocycles. The monoisotopic (exact) mass is 226 g/mol. The van der Waals surface area contributed by atoms with Crippen LogP contribution in [0.2, 0.25) is 0 Å². The van der Waals surface area contributed by atoms with Crippen molar-refractivity contribution in [3.05, 3.63) is 42.1 Å². The number of nitrogens with zero attached hydrogens (tertiary/aromatic N) is 1. The van der Waals surface area contributed by atoms with E-state index < -0.39 is 0 Å². The first-order chi connectivity index (χ1) is 8.43. The Bertz CT molecular complexity index is 498. The third-order valence-corrected chi connectivity index (χ3v) is 3.48. The summed E-state index contributed by atoms with van der Waals surface area (Å²) in [5, 5.41) is 4.81. The third-order valence-electron chi connectivity index (χ3n) is 3.48. The van der Waals surface area contributed by atoms with Crippen molar-refractivity contribution >= 4 is 10.9 Å². The summed E-state index contributed by atoms with van der Waals surface area (Å²) in [4.78, 5) is 4.38. The Hall–Kier alpha value is -1.41. The van der Waals surface area contributed by atoms with Crippen LogP contribution in [0.15, 0.2) is 36.5 Å². The predicted octanol–water partition coefficient (Wildman–Crippen LogP) is 3.12. The molecule has 0 aliphatic heterocycles. The van der Waals surface area contributed by atoms with Crippen LogP contribution in [0.4, 0.5) is 0 Å². The van der Waals surface area contributed by atoms with Crippen LogP contribution >= 0.6 is 0 Å². The van der Waals surface area contributed by atoms with Crippen molar-refractivity contribution in [2.24, 2.45) is 5.92 Å². The van der Waals surface area contributed by atoms with E-state index in [0.717, 1.165) is 24.5 Å². The van der Waals surface area contributed by atoms with E-state index in [-0.39, 0.29) is 0 Å². The normalized spacial score (nSPS) is 15.3. The summed E-state index contributed by atoms with van der Waals surface area (Å²) in [6.07, 6.45) is 6.13. The Morgan fingerprint density at radius 1 is 1.18 bits per heavy atom. The number of hydrogen-bond acceptors (Lipinski definition) is 2. The third kappa shape index (κ3) is 2.64.